The van der Waals surface area contributed by atoms with Crippen molar-refractivity contribution in [1.82, 2.24) is 4.90 Å². The standard InChI is InChI=1S/C17H16N2OS/c1-2-7-13(8-3-1)18-17-19-11-6-12-21-16(19)14-9-4-5-10-15(14)20-17/h1-5,7-10,16H,6,11-12H2. The first-order valence-corrected chi connectivity index (χ1v) is 8.25. The second-order valence-corrected chi connectivity index (χ2v) is 6.33. The van der Waals surface area contributed by atoms with Gasteiger partial charge in [-0.3, -0.25) is 0 Å². The maximum Gasteiger partial charge on any atom is 0.299 e. The minimum absolute atomic E-state index is 0.325. The molecule has 0 radical (unpaired) electrons. The molecule has 0 saturated carbocycles. The number of rotatable bonds is 1. The third-order valence-electron chi connectivity index (χ3n) is 3.72. The van der Waals surface area contributed by atoms with Crippen molar-refractivity contribution in [3.05, 3.63) is 60.2 Å². The molecular formula is C17H16N2OS. The van der Waals surface area contributed by atoms with Gasteiger partial charge in [0.15, 0.2) is 0 Å². The molecule has 1 fully saturated rings. The first kappa shape index (κ1) is 12.8. The molecule has 2 aliphatic heterocycles. The van der Waals surface area contributed by atoms with E-state index in [1.807, 2.05) is 54.2 Å². The number of fused-ring (bicyclic) bond motifs is 3. The summed E-state index contributed by atoms with van der Waals surface area (Å²) in [5, 5.41) is 0.325. The third kappa shape index (κ3) is 2.40. The summed E-state index contributed by atoms with van der Waals surface area (Å²) in [6.45, 7) is 0.998. The number of benzene rings is 2. The summed E-state index contributed by atoms with van der Waals surface area (Å²) in [6, 6.07) is 19.0. The number of nitrogens with zero attached hydrogens (tertiary/aromatic N) is 2. The van der Waals surface area contributed by atoms with E-state index in [0.29, 0.717) is 5.37 Å². The first-order chi connectivity index (χ1) is 10.4. The van der Waals surface area contributed by atoms with Crippen molar-refractivity contribution in [2.45, 2.75) is 11.8 Å². The Morgan fingerprint density at radius 3 is 2.76 bits per heavy atom. The van der Waals surface area contributed by atoms with E-state index in [9.17, 15) is 0 Å². The van der Waals surface area contributed by atoms with E-state index < -0.39 is 0 Å². The fraction of sp³-hybridized carbons (Fsp3) is 0.235. The zero-order valence-corrected chi connectivity index (χ0v) is 12.4. The van der Waals surface area contributed by atoms with Gasteiger partial charge in [0.25, 0.3) is 6.02 Å². The molecule has 1 unspecified atom stereocenters. The number of para-hydroxylation sites is 2. The molecule has 2 heterocycles. The van der Waals surface area contributed by atoms with Crippen LogP contribution in [-0.2, 0) is 0 Å². The van der Waals surface area contributed by atoms with Crippen LogP contribution in [0.25, 0.3) is 0 Å². The third-order valence-corrected chi connectivity index (χ3v) is 5.06. The molecule has 2 aromatic rings. The summed E-state index contributed by atoms with van der Waals surface area (Å²) in [7, 11) is 0. The van der Waals surface area contributed by atoms with Crippen molar-refractivity contribution in [2.24, 2.45) is 4.99 Å². The van der Waals surface area contributed by atoms with Crippen molar-refractivity contribution in [2.75, 3.05) is 12.3 Å². The van der Waals surface area contributed by atoms with Gasteiger partial charge in [0.1, 0.15) is 11.1 Å². The highest BCUT2D eigenvalue weighted by Gasteiger charge is 2.35. The highest BCUT2D eigenvalue weighted by Crippen LogP contribution is 2.44. The smallest absolute Gasteiger partial charge is 0.299 e. The summed E-state index contributed by atoms with van der Waals surface area (Å²) in [4.78, 5) is 6.99. The van der Waals surface area contributed by atoms with Gasteiger partial charge in [-0.15, -0.1) is 11.8 Å². The Balaban J connectivity index is 1.77. The Morgan fingerprint density at radius 1 is 1.05 bits per heavy atom. The fourth-order valence-corrected chi connectivity index (χ4v) is 3.99. The SMILES string of the molecule is c1ccc(N=C2Oc3ccccc3C3SCCCN23)cc1. The predicted octanol–water partition coefficient (Wildman–Crippen LogP) is 4.20. The molecule has 0 aliphatic carbocycles. The van der Waals surface area contributed by atoms with Crippen LogP contribution < -0.4 is 4.74 Å². The van der Waals surface area contributed by atoms with Crippen molar-refractivity contribution in [1.29, 1.82) is 0 Å². The number of hydrogen-bond donors (Lipinski definition) is 0. The van der Waals surface area contributed by atoms with Gasteiger partial charge in [0, 0.05) is 12.1 Å². The largest absolute Gasteiger partial charge is 0.425 e. The molecule has 106 valence electrons. The molecule has 1 saturated heterocycles. The second kappa shape index (κ2) is 5.45. The lowest BCUT2D eigenvalue weighted by Gasteiger charge is -2.40. The van der Waals surface area contributed by atoms with E-state index in [0.717, 1.165) is 24.0 Å². The van der Waals surface area contributed by atoms with Gasteiger partial charge in [0.05, 0.1) is 5.69 Å². The zero-order valence-electron chi connectivity index (χ0n) is 11.6. The number of thioether (sulfide) groups is 1. The normalized spacial score (nSPS) is 22.4. The van der Waals surface area contributed by atoms with Crippen LogP contribution >= 0.6 is 11.8 Å². The Kier molecular flexibility index (Phi) is 3.31. The average Bonchev–Trinajstić information content (AvgIpc) is 2.56. The molecule has 21 heavy (non-hydrogen) atoms. The van der Waals surface area contributed by atoms with E-state index >= 15 is 0 Å². The number of ether oxygens (including phenoxy) is 1. The highest BCUT2D eigenvalue weighted by molar-refractivity contribution is 7.99. The van der Waals surface area contributed by atoms with Crippen molar-refractivity contribution >= 4 is 23.5 Å². The Labute approximate surface area is 128 Å². The molecule has 4 rings (SSSR count). The molecule has 0 bridgehead atoms. The lowest BCUT2D eigenvalue weighted by atomic mass is 10.1. The lowest BCUT2D eigenvalue weighted by molar-refractivity contribution is 0.289. The topological polar surface area (TPSA) is 24.8 Å². The van der Waals surface area contributed by atoms with Gasteiger partial charge in [-0.05, 0) is 30.4 Å². The van der Waals surface area contributed by atoms with E-state index in [2.05, 4.69) is 17.0 Å². The Bertz CT molecular complexity index is 672. The average molecular weight is 296 g/mol. The zero-order chi connectivity index (χ0) is 14.1. The van der Waals surface area contributed by atoms with Crippen LogP contribution in [0.4, 0.5) is 5.69 Å². The van der Waals surface area contributed by atoms with Crippen molar-refractivity contribution in [3.8, 4) is 5.75 Å². The van der Waals surface area contributed by atoms with E-state index in [4.69, 9.17) is 9.73 Å². The van der Waals surface area contributed by atoms with Gasteiger partial charge in [-0.2, -0.15) is 4.99 Å². The van der Waals surface area contributed by atoms with Crippen LogP contribution in [0.5, 0.6) is 5.75 Å². The maximum absolute atomic E-state index is 6.07. The fourth-order valence-electron chi connectivity index (χ4n) is 2.73. The number of aliphatic imine (C=N–C) groups is 1. The van der Waals surface area contributed by atoms with Crippen LogP contribution in [-0.4, -0.2) is 23.2 Å². The van der Waals surface area contributed by atoms with Crippen LogP contribution in [0.15, 0.2) is 59.6 Å². The molecule has 4 heteroatoms. The molecule has 2 aromatic carbocycles. The molecule has 2 aliphatic rings. The molecule has 0 spiro atoms. The minimum atomic E-state index is 0.325. The van der Waals surface area contributed by atoms with Crippen LogP contribution in [0, 0.1) is 0 Å². The monoisotopic (exact) mass is 296 g/mol. The maximum atomic E-state index is 6.07. The molecular weight excluding hydrogens is 280 g/mol. The minimum Gasteiger partial charge on any atom is -0.425 e. The quantitative estimate of drug-likeness (QED) is 0.788. The highest BCUT2D eigenvalue weighted by atomic mass is 32.2. The molecule has 0 aromatic heterocycles. The van der Waals surface area contributed by atoms with Gasteiger partial charge in [-0.1, -0.05) is 36.4 Å². The lowest BCUT2D eigenvalue weighted by Crippen LogP contribution is -2.43. The van der Waals surface area contributed by atoms with Crippen LogP contribution in [0.2, 0.25) is 0 Å². The van der Waals surface area contributed by atoms with Gasteiger partial charge < -0.3 is 9.64 Å². The van der Waals surface area contributed by atoms with Crippen LogP contribution in [0.3, 0.4) is 0 Å². The second-order valence-electron chi connectivity index (χ2n) is 5.14. The summed E-state index contributed by atoms with van der Waals surface area (Å²) < 4.78 is 6.07. The summed E-state index contributed by atoms with van der Waals surface area (Å²) in [5.74, 6) is 2.12. The first-order valence-electron chi connectivity index (χ1n) is 7.20. The summed E-state index contributed by atoms with van der Waals surface area (Å²) >= 11 is 1.97. The van der Waals surface area contributed by atoms with Crippen LogP contribution in [0.1, 0.15) is 17.4 Å². The summed E-state index contributed by atoms with van der Waals surface area (Å²) in [6.07, 6.45) is 1.17. The molecule has 0 amide bonds. The van der Waals surface area contributed by atoms with E-state index in [1.165, 1.54) is 17.7 Å². The van der Waals surface area contributed by atoms with Crippen molar-refractivity contribution in [3.63, 3.8) is 0 Å². The molecule has 1 atom stereocenters. The number of amidine groups is 1. The van der Waals surface area contributed by atoms with E-state index in [-0.39, 0.29) is 0 Å². The molecule has 3 nitrogen and oxygen atoms in total. The Hall–Kier alpha value is -1.94. The van der Waals surface area contributed by atoms with Crippen molar-refractivity contribution < 1.29 is 4.74 Å². The van der Waals surface area contributed by atoms with Gasteiger partial charge >= 0.3 is 0 Å². The van der Waals surface area contributed by atoms with Gasteiger partial charge in [-0.25, -0.2) is 0 Å². The number of hydrogen-bond acceptors (Lipinski definition) is 3. The summed E-state index contributed by atoms with van der Waals surface area (Å²) in [5.41, 5.74) is 2.19. The predicted molar refractivity (Wildman–Crippen MR) is 87.1 cm³/mol. The van der Waals surface area contributed by atoms with Gasteiger partial charge in [0.2, 0.25) is 0 Å². The Morgan fingerprint density at radius 2 is 1.86 bits per heavy atom. The molecule has 0 N–H and O–H groups in total. The van der Waals surface area contributed by atoms with E-state index in [1.54, 1.807) is 0 Å².